The fourth-order valence-corrected chi connectivity index (χ4v) is 4.16. The number of rotatable bonds is 6. The number of nitrogens with one attached hydrogen (secondary N) is 1. The summed E-state index contributed by atoms with van der Waals surface area (Å²) in [6, 6.07) is 10.8. The van der Waals surface area contributed by atoms with Gasteiger partial charge in [-0.15, -0.1) is 0 Å². The zero-order chi connectivity index (χ0) is 22.8. The molecule has 4 aromatic rings. The predicted molar refractivity (Wildman–Crippen MR) is 123 cm³/mol. The maximum Gasteiger partial charge on any atom is 0.278 e. The number of amides is 1. The van der Waals surface area contributed by atoms with Gasteiger partial charge in [0.05, 0.1) is 16.9 Å². The first kappa shape index (κ1) is 21.3. The molecule has 2 aromatic heterocycles. The van der Waals surface area contributed by atoms with Gasteiger partial charge in [-0.3, -0.25) is 4.79 Å². The third-order valence-corrected chi connectivity index (χ3v) is 5.95. The van der Waals surface area contributed by atoms with Crippen LogP contribution < -0.4 is 15.0 Å². The monoisotopic (exact) mass is 467 g/mol. The smallest absolute Gasteiger partial charge is 0.278 e. The number of aromatic nitrogens is 3. The normalized spacial score (nSPS) is 13.9. The molecule has 170 valence electrons. The summed E-state index contributed by atoms with van der Waals surface area (Å²) >= 11 is 6.01. The van der Waals surface area contributed by atoms with Crippen molar-refractivity contribution in [3.63, 3.8) is 0 Å². The number of nitrogens with zero attached hydrogens (tertiary/aromatic N) is 4. The number of carbonyl (C=O) groups is 1. The fourth-order valence-electron chi connectivity index (χ4n) is 3.98. The Morgan fingerprint density at radius 1 is 1.12 bits per heavy atom. The summed E-state index contributed by atoms with van der Waals surface area (Å²) in [6.45, 7) is 3.75. The van der Waals surface area contributed by atoms with E-state index in [0.717, 1.165) is 31.6 Å². The van der Waals surface area contributed by atoms with Gasteiger partial charge in [0.2, 0.25) is 0 Å². The van der Waals surface area contributed by atoms with Gasteiger partial charge >= 0.3 is 0 Å². The van der Waals surface area contributed by atoms with Crippen molar-refractivity contribution in [2.24, 2.45) is 0 Å². The summed E-state index contributed by atoms with van der Waals surface area (Å²) in [5.41, 5.74) is 3.24. The van der Waals surface area contributed by atoms with E-state index in [9.17, 15) is 4.79 Å². The molecule has 33 heavy (non-hydrogen) atoms. The summed E-state index contributed by atoms with van der Waals surface area (Å²) in [5, 5.41) is 15.5. The first-order valence-corrected chi connectivity index (χ1v) is 11.1. The standard InChI is InChI=1S/C23H22ClN5O4/c1-14-17(13-31-16-7-5-6-15(24)12-16)20(26-32-14)23(30)25-18-8-9-19(22-21(18)27-33-28-22)29-10-3-2-4-11-29/h5-9,12H,2-4,10-11,13H2,1H3,(H,25,30). The maximum absolute atomic E-state index is 13.1. The maximum atomic E-state index is 13.1. The van der Waals surface area contributed by atoms with Gasteiger partial charge in [0, 0.05) is 18.1 Å². The van der Waals surface area contributed by atoms with Gasteiger partial charge in [-0.05, 0) is 66.8 Å². The number of halogens is 1. The van der Waals surface area contributed by atoms with Crippen LogP contribution in [0.4, 0.5) is 11.4 Å². The molecule has 0 radical (unpaired) electrons. The first-order valence-electron chi connectivity index (χ1n) is 10.8. The quantitative estimate of drug-likeness (QED) is 0.422. The molecule has 0 atom stereocenters. The Morgan fingerprint density at radius 3 is 2.76 bits per heavy atom. The Balaban J connectivity index is 1.36. The molecule has 0 spiro atoms. The molecule has 9 nitrogen and oxygen atoms in total. The van der Waals surface area contributed by atoms with E-state index >= 15 is 0 Å². The minimum absolute atomic E-state index is 0.104. The van der Waals surface area contributed by atoms with E-state index in [1.807, 2.05) is 12.1 Å². The van der Waals surface area contributed by atoms with Crippen molar-refractivity contribution in [1.82, 2.24) is 15.5 Å². The van der Waals surface area contributed by atoms with E-state index in [0.29, 0.717) is 38.8 Å². The van der Waals surface area contributed by atoms with E-state index in [-0.39, 0.29) is 12.3 Å². The summed E-state index contributed by atoms with van der Waals surface area (Å²) in [6.07, 6.45) is 3.50. The predicted octanol–water partition coefficient (Wildman–Crippen LogP) is 4.99. The summed E-state index contributed by atoms with van der Waals surface area (Å²) in [7, 11) is 0. The Hall–Kier alpha value is -3.59. The molecule has 1 amide bonds. The van der Waals surface area contributed by atoms with Crippen LogP contribution in [0, 0.1) is 6.92 Å². The van der Waals surface area contributed by atoms with Crippen molar-refractivity contribution in [2.75, 3.05) is 23.3 Å². The van der Waals surface area contributed by atoms with Gasteiger partial charge in [-0.1, -0.05) is 22.8 Å². The van der Waals surface area contributed by atoms with Crippen LogP contribution in [0.3, 0.4) is 0 Å². The second-order valence-corrected chi connectivity index (χ2v) is 8.34. The van der Waals surface area contributed by atoms with Crippen LogP contribution in [0.1, 0.15) is 41.1 Å². The van der Waals surface area contributed by atoms with Crippen LogP contribution in [0.2, 0.25) is 5.02 Å². The number of ether oxygens (including phenoxy) is 1. The number of carbonyl (C=O) groups excluding carboxylic acids is 1. The number of piperidine rings is 1. The molecule has 1 saturated heterocycles. The number of fused-ring (bicyclic) bond motifs is 1. The highest BCUT2D eigenvalue weighted by molar-refractivity contribution is 6.30. The van der Waals surface area contributed by atoms with Crippen molar-refractivity contribution in [3.8, 4) is 5.75 Å². The largest absolute Gasteiger partial charge is 0.489 e. The second kappa shape index (κ2) is 9.11. The molecule has 1 aliphatic heterocycles. The third kappa shape index (κ3) is 4.36. The van der Waals surface area contributed by atoms with Crippen LogP contribution in [0.15, 0.2) is 45.6 Å². The topological polar surface area (TPSA) is 107 Å². The molecule has 0 bridgehead atoms. The highest BCUT2D eigenvalue weighted by Gasteiger charge is 2.24. The van der Waals surface area contributed by atoms with E-state index < -0.39 is 5.91 Å². The lowest BCUT2D eigenvalue weighted by molar-refractivity contribution is 0.101. The van der Waals surface area contributed by atoms with E-state index in [4.69, 9.17) is 25.5 Å². The summed E-state index contributed by atoms with van der Waals surface area (Å²) in [5.74, 6) is 0.639. The van der Waals surface area contributed by atoms with Gasteiger partial charge in [0.15, 0.2) is 16.7 Å². The molecular formula is C23H22ClN5O4. The lowest BCUT2D eigenvalue weighted by atomic mass is 10.1. The average Bonchev–Trinajstić information content (AvgIpc) is 3.46. The van der Waals surface area contributed by atoms with Crippen LogP contribution >= 0.6 is 11.6 Å². The van der Waals surface area contributed by atoms with Gasteiger partial charge in [0.25, 0.3) is 5.91 Å². The number of aryl methyl sites for hydroxylation is 1. The van der Waals surface area contributed by atoms with Crippen LogP contribution in [-0.4, -0.2) is 34.5 Å². The van der Waals surface area contributed by atoms with Gasteiger partial charge in [-0.25, -0.2) is 4.63 Å². The zero-order valence-electron chi connectivity index (χ0n) is 18.0. The first-order chi connectivity index (χ1) is 16.1. The average molecular weight is 468 g/mol. The highest BCUT2D eigenvalue weighted by Crippen LogP contribution is 2.32. The fraction of sp³-hybridized carbons (Fsp3) is 0.304. The number of benzene rings is 2. The lowest BCUT2D eigenvalue weighted by Gasteiger charge is -2.28. The van der Waals surface area contributed by atoms with E-state index in [1.165, 1.54) is 6.42 Å². The summed E-state index contributed by atoms with van der Waals surface area (Å²) < 4.78 is 16.1. The Kier molecular flexibility index (Phi) is 5.87. The minimum Gasteiger partial charge on any atom is -0.489 e. The Morgan fingerprint density at radius 2 is 1.94 bits per heavy atom. The molecule has 1 N–H and O–H groups in total. The lowest BCUT2D eigenvalue weighted by Crippen LogP contribution is -2.29. The van der Waals surface area contributed by atoms with Crippen molar-refractivity contribution in [2.45, 2.75) is 32.8 Å². The Labute approximate surface area is 194 Å². The Bertz CT molecular complexity index is 1300. The van der Waals surface area contributed by atoms with Crippen LogP contribution in [0.5, 0.6) is 5.75 Å². The third-order valence-electron chi connectivity index (χ3n) is 5.72. The zero-order valence-corrected chi connectivity index (χ0v) is 18.8. The molecule has 0 unspecified atom stereocenters. The van der Waals surface area contributed by atoms with Crippen LogP contribution in [0.25, 0.3) is 11.0 Å². The summed E-state index contributed by atoms with van der Waals surface area (Å²) in [4.78, 5) is 15.3. The number of anilines is 2. The van der Waals surface area contributed by atoms with E-state index in [1.54, 1.807) is 31.2 Å². The molecule has 1 fully saturated rings. The molecule has 0 aliphatic carbocycles. The van der Waals surface area contributed by atoms with E-state index in [2.05, 4.69) is 25.7 Å². The van der Waals surface area contributed by atoms with Gasteiger partial charge in [0.1, 0.15) is 18.1 Å². The molecule has 2 aromatic carbocycles. The molecular weight excluding hydrogens is 446 g/mol. The van der Waals surface area contributed by atoms with Gasteiger partial charge < -0.3 is 19.5 Å². The van der Waals surface area contributed by atoms with Crippen molar-refractivity contribution in [1.29, 1.82) is 0 Å². The highest BCUT2D eigenvalue weighted by atomic mass is 35.5. The van der Waals surface area contributed by atoms with Gasteiger partial charge in [-0.2, -0.15) is 0 Å². The molecule has 3 heterocycles. The van der Waals surface area contributed by atoms with Crippen molar-refractivity contribution < 1.29 is 18.7 Å². The molecule has 5 rings (SSSR count). The van der Waals surface area contributed by atoms with Crippen molar-refractivity contribution in [3.05, 3.63) is 58.4 Å². The van der Waals surface area contributed by atoms with Crippen molar-refractivity contribution >= 4 is 39.9 Å². The molecule has 10 heteroatoms. The second-order valence-electron chi connectivity index (χ2n) is 7.91. The van der Waals surface area contributed by atoms with Crippen LogP contribution in [-0.2, 0) is 6.61 Å². The molecule has 0 saturated carbocycles. The SMILES string of the molecule is Cc1onc(C(=O)Nc2ccc(N3CCCCC3)c3nonc23)c1COc1cccc(Cl)c1. The number of hydrogen-bond donors (Lipinski definition) is 1. The number of hydrogen-bond acceptors (Lipinski definition) is 8. The minimum atomic E-state index is -0.438. The molecule has 1 aliphatic rings.